The molecule has 7 heteroatoms. The van der Waals surface area contributed by atoms with Gasteiger partial charge in [-0.15, -0.1) is 0 Å². The lowest BCUT2D eigenvalue weighted by Gasteiger charge is -2.10. The Bertz CT molecular complexity index is 915. The zero-order chi connectivity index (χ0) is 19.8. The highest BCUT2D eigenvalue weighted by atomic mass is 19.1. The molecule has 0 atom stereocenters. The standard InChI is InChI=1S/C21H20FN3O3/c1-27-18-6-8-19(9-7-18)28-13-12-24-21(26)20-14-17(10-11-23-20)25-16-4-2-15(22)3-5-16/h2-11,14H,12-13H2,1H3,(H,23,25)(H,24,26). The number of hydrogen-bond donors (Lipinski definition) is 2. The second-order valence-corrected chi connectivity index (χ2v) is 5.84. The van der Waals surface area contributed by atoms with Crippen molar-refractivity contribution in [3.63, 3.8) is 0 Å². The number of nitrogens with zero attached hydrogens (tertiary/aromatic N) is 1. The van der Waals surface area contributed by atoms with Gasteiger partial charge in [0.1, 0.15) is 29.6 Å². The van der Waals surface area contributed by atoms with Crippen LogP contribution in [-0.2, 0) is 0 Å². The lowest BCUT2D eigenvalue weighted by molar-refractivity contribution is 0.0942. The number of methoxy groups -OCH3 is 1. The van der Waals surface area contributed by atoms with E-state index >= 15 is 0 Å². The first-order chi connectivity index (χ1) is 13.6. The van der Waals surface area contributed by atoms with Crippen LogP contribution in [0.2, 0.25) is 0 Å². The number of rotatable bonds is 8. The smallest absolute Gasteiger partial charge is 0.270 e. The second-order valence-electron chi connectivity index (χ2n) is 5.84. The van der Waals surface area contributed by atoms with Crippen LogP contribution in [0, 0.1) is 5.82 Å². The van der Waals surface area contributed by atoms with Gasteiger partial charge in [0.15, 0.2) is 0 Å². The maximum atomic E-state index is 13.0. The second kappa shape index (κ2) is 9.36. The molecule has 0 aliphatic rings. The predicted octanol–water partition coefficient (Wildman–Crippen LogP) is 3.78. The number of amides is 1. The van der Waals surface area contributed by atoms with E-state index in [1.165, 1.54) is 18.3 Å². The van der Waals surface area contributed by atoms with Crippen LogP contribution in [0.5, 0.6) is 11.5 Å². The fourth-order valence-corrected chi connectivity index (χ4v) is 2.43. The molecule has 1 amide bonds. The third kappa shape index (κ3) is 5.44. The summed E-state index contributed by atoms with van der Waals surface area (Å²) >= 11 is 0. The third-order valence-corrected chi connectivity index (χ3v) is 3.84. The van der Waals surface area contributed by atoms with E-state index in [1.807, 2.05) is 0 Å². The van der Waals surface area contributed by atoms with Gasteiger partial charge in [-0.3, -0.25) is 9.78 Å². The first kappa shape index (κ1) is 19.2. The van der Waals surface area contributed by atoms with Crippen LogP contribution in [0.3, 0.4) is 0 Å². The number of carbonyl (C=O) groups excluding carboxylic acids is 1. The van der Waals surface area contributed by atoms with Crippen LogP contribution in [0.1, 0.15) is 10.5 Å². The molecule has 0 fully saturated rings. The Morgan fingerprint density at radius 3 is 2.43 bits per heavy atom. The lowest BCUT2D eigenvalue weighted by atomic mass is 10.2. The lowest BCUT2D eigenvalue weighted by Crippen LogP contribution is -2.28. The Kier molecular flexibility index (Phi) is 6.41. The molecule has 6 nitrogen and oxygen atoms in total. The zero-order valence-electron chi connectivity index (χ0n) is 15.3. The van der Waals surface area contributed by atoms with Crippen molar-refractivity contribution < 1.29 is 18.7 Å². The van der Waals surface area contributed by atoms with Gasteiger partial charge in [0.2, 0.25) is 0 Å². The molecule has 0 aliphatic heterocycles. The molecule has 3 aromatic rings. The van der Waals surface area contributed by atoms with Crippen LogP contribution in [0.4, 0.5) is 15.8 Å². The maximum Gasteiger partial charge on any atom is 0.270 e. The van der Waals surface area contributed by atoms with Crippen LogP contribution in [0.15, 0.2) is 66.9 Å². The number of aromatic nitrogens is 1. The molecule has 0 spiro atoms. The molecule has 0 unspecified atom stereocenters. The van der Waals surface area contributed by atoms with Crippen LogP contribution >= 0.6 is 0 Å². The first-order valence-electron chi connectivity index (χ1n) is 8.68. The highest BCUT2D eigenvalue weighted by molar-refractivity contribution is 5.93. The number of ether oxygens (including phenoxy) is 2. The summed E-state index contributed by atoms with van der Waals surface area (Å²) in [5.41, 5.74) is 1.67. The van der Waals surface area contributed by atoms with Crippen molar-refractivity contribution in [2.75, 3.05) is 25.6 Å². The summed E-state index contributed by atoms with van der Waals surface area (Å²) in [7, 11) is 1.60. The normalized spacial score (nSPS) is 10.2. The van der Waals surface area contributed by atoms with E-state index in [2.05, 4.69) is 15.6 Å². The van der Waals surface area contributed by atoms with Gasteiger partial charge >= 0.3 is 0 Å². The van der Waals surface area contributed by atoms with Crippen molar-refractivity contribution in [2.24, 2.45) is 0 Å². The topological polar surface area (TPSA) is 72.5 Å². The van der Waals surface area contributed by atoms with Crippen molar-refractivity contribution >= 4 is 17.3 Å². The minimum Gasteiger partial charge on any atom is -0.497 e. The number of benzene rings is 2. The number of anilines is 2. The largest absolute Gasteiger partial charge is 0.497 e. The van der Waals surface area contributed by atoms with Gasteiger partial charge in [-0.25, -0.2) is 4.39 Å². The van der Waals surface area contributed by atoms with Crippen LogP contribution < -0.4 is 20.1 Å². The SMILES string of the molecule is COc1ccc(OCCNC(=O)c2cc(Nc3ccc(F)cc3)ccn2)cc1. The van der Waals surface area contributed by atoms with Crippen molar-refractivity contribution in [3.05, 3.63) is 78.4 Å². The first-order valence-corrected chi connectivity index (χ1v) is 8.68. The van der Waals surface area contributed by atoms with Gasteiger partial charge < -0.3 is 20.1 Å². The number of carbonyl (C=O) groups is 1. The van der Waals surface area contributed by atoms with E-state index in [0.29, 0.717) is 30.3 Å². The van der Waals surface area contributed by atoms with Gasteiger partial charge in [0.05, 0.1) is 13.7 Å². The van der Waals surface area contributed by atoms with Crippen LogP contribution in [0.25, 0.3) is 0 Å². The minimum absolute atomic E-state index is 0.275. The monoisotopic (exact) mass is 381 g/mol. The molecule has 2 aromatic carbocycles. The van der Waals surface area contributed by atoms with E-state index < -0.39 is 0 Å². The summed E-state index contributed by atoms with van der Waals surface area (Å²) in [4.78, 5) is 16.4. The Morgan fingerprint density at radius 1 is 1.00 bits per heavy atom. The van der Waals surface area contributed by atoms with Crippen molar-refractivity contribution in [2.45, 2.75) is 0 Å². The fraction of sp³-hybridized carbons (Fsp3) is 0.143. The van der Waals surface area contributed by atoms with Crippen LogP contribution in [-0.4, -0.2) is 31.2 Å². The molecule has 144 valence electrons. The summed E-state index contributed by atoms with van der Waals surface area (Å²) in [6.45, 7) is 0.660. The molecule has 1 aromatic heterocycles. The molecular formula is C21H20FN3O3. The fourth-order valence-electron chi connectivity index (χ4n) is 2.43. The number of halogens is 1. The highest BCUT2D eigenvalue weighted by Gasteiger charge is 2.08. The molecule has 0 saturated carbocycles. The Morgan fingerprint density at radius 2 is 1.71 bits per heavy atom. The van der Waals surface area contributed by atoms with E-state index in [9.17, 15) is 9.18 Å². The average Bonchev–Trinajstić information content (AvgIpc) is 2.73. The predicted molar refractivity (Wildman–Crippen MR) is 105 cm³/mol. The summed E-state index contributed by atoms with van der Waals surface area (Å²) in [6, 6.07) is 16.5. The Balaban J connectivity index is 1.49. The molecule has 3 rings (SSSR count). The molecule has 0 saturated heterocycles. The summed E-state index contributed by atoms with van der Waals surface area (Å²) in [6.07, 6.45) is 1.54. The third-order valence-electron chi connectivity index (χ3n) is 3.84. The summed E-state index contributed by atoms with van der Waals surface area (Å²) < 4.78 is 23.6. The molecule has 0 radical (unpaired) electrons. The number of hydrogen-bond acceptors (Lipinski definition) is 5. The molecule has 28 heavy (non-hydrogen) atoms. The van der Waals surface area contributed by atoms with E-state index in [4.69, 9.17) is 9.47 Å². The molecule has 1 heterocycles. The van der Waals surface area contributed by atoms with Gasteiger partial charge in [-0.1, -0.05) is 0 Å². The quantitative estimate of drug-likeness (QED) is 0.581. The van der Waals surface area contributed by atoms with Gasteiger partial charge in [-0.05, 0) is 60.7 Å². The highest BCUT2D eigenvalue weighted by Crippen LogP contribution is 2.18. The summed E-state index contributed by atoms with van der Waals surface area (Å²) in [5, 5.41) is 5.86. The maximum absolute atomic E-state index is 13.0. The van der Waals surface area contributed by atoms with Crippen molar-refractivity contribution in [1.82, 2.24) is 10.3 Å². The average molecular weight is 381 g/mol. The van der Waals surface area contributed by atoms with Gasteiger partial charge in [0, 0.05) is 17.6 Å². The molecule has 0 aliphatic carbocycles. The minimum atomic E-state index is -0.308. The van der Waals surface area contributed by atoms with E-state index in [1.54, 1.807) is 55.6 Å². The van der Waals surface area contributed by atoms with Crippen molar-refractivity contribution in [3.8, 4) is 11.5 Å². The Labute approximate surface area is 162 Å². The van der Waals surface area contributed by atoms with E-state index in [0.717, 1.165) is 5.75 Å². The number of pyridine rings is 1. The number of nitrogens with one attached hydrogen (secondary N) is 2. The van der Waals surface area contributed by atoms with E-state index in [-0.39, 0.29) is 17.4 Å². The molecular weight excluding hydrogens is 361 g/mol. The summed E-state index contributed by atoms with van der Waals surface area (Å²) in [5.74, 6) is 0.831. The van der Waals surface area contributed by atoms with Gasteiger partial charge in [-0.2, -0.15) is 0 Å². The van der Waals surface area contributed by atoms with Crippen molar-refractivity contribution in [1.29, 1.82) is 0 Å². The molecule has 2 N–H and O–H groups in total. The molecule has 0 bridgehead atoms. The zero-order valence-corrected chi connectivity index (χ0v) is 15.3. The van der Waals surface area contributed by atoms with Gasteiger partial charge in [0.25, 0.3) is 5.91 Å². The Hall–Kier alpha value is -3.61.